The first-order chi connectivity index (χ1) is 8.36. The van der Waals surface area contributed by atoms with Gasteiger partial charge in [-0.1, -0.05) is 18.2 Å². The second-order valence-electron chi connectivity index (χ2n) is 3.63. The van der Waals surface area contributed by atoms with Gasteiger partial charge in [0.25, 0.3) is 0 Å². The molecule has 0 bridgehead atoms. The van der Waals surface area contributed by atoms with Gasteiger partial charge in [-0.2, -0.15) is 0 Å². The molecule has 0 aliphatic rings. The topological polar surface area (TPSA) is 47.8 Å². The Morgan fingerprint density at radius 1 is 0.941 bits per heavy atom. The van der Waals surface area contributed by atoms with Crippen LogP contribution in [0.1, 0.15) is 0 Å². The second-order valence-corrected chi connectivity index (χ2v) is 3.63. The van der Waals surface area contributed by atoms with Gasteiger partial charge in [-0.15, -0.1) is 0 Å². The van der Waals surface area contributed by atoms with E-state index in [0.29, 0.717) is 5.65 Å². The van der Waals surface area contributed by atoms with E-state index in [9.17, 15) is 4.79 Å². The SMILES string of the molecule is O=c1ncc2cccnc2n1-c1ccccc1. The predicted octanol–water partition coefficient (Wildman–Crippen LogP) is 1.78. The van der Waals surface area contributed by atoms with Crippen molar-refractivity contribution in [1.82, 2.24) is 14.5 Å². The molecule has 0 atom stereocenters. The molecule has 0 radical (unpaired) electrons. The summed E-state index contributed by atoms with van der Waals surface area (Å²) in [5.74, 6) is 0. The predicted molar refractivity (Wildman–Crippen MR) is 65.1 cm³/mol. The maximum absolute atomic E-state index is 11.8. The molecular weight excluding hydrogens is 214 g/mol. The molecule has 4 heteroatoms. The lowest BCUT2D eigenvalue weighted by Gasteiger charge is -2.07. The first-order valence-corrected chi connectivity index (χ1v) is 5.24. The van der Waals surface area contributed by atoms with Crippen LogP contribution in [0.3, 0.4) is 0 Å². The van der Waals surface area contributed by atoms with Crippen LogP contribution in [-0.4, -0.2) is 14.5 Å². The Hall–Kier alpha value is -2.49. The van der Waals surface area contributed by atoms with Crippen LogP contribution in [0.25, 0.3) is 16.7 Å². The molecule has 0 saturated carbocycles. The van der Waals surface area contributed by atoms with Crippen LogP contribution in [-0.2, 0) is 0 Å². The van der Waals surface area contributed by atoms with Gasteiger partial charge < -0.3 is 0 Å². The van der Waals surface area contributed by atoms with Crippen molar-refractivity contribution < 1.29 is 0 Å². The molecule has 0 aliphatic heterocycles. The highest BCUT2D eigenvalue weighted by Gasteiger charge is 2.06. The number of aromatic nitrogens is 3. The van der Waals surface area contributed by atoms with E-state index in [1.165, 1.54) is 4.57 Å². The van der Waals surface area contributed by atoms with E-state index in [2.05, 4.69) is 9.97 Å². The van der Waals surface area contributed by atoms with Crippen molar-refractivity contribution in [3.63, 3.8) is 0 Å². The van der Waals surface area contributed by atoms with Crippen LogP contribution in [0.2, 0.25) is 0 Å². The summed E-state index contributed by atoms with van der Waals surface area (Å²) in [7, 11) is 0. The van der Waals surface area contributed by atoms with Gasteiger partial charge in [-0.25, -0.2) is 19.3 Å². The summed E-state index contributed by atoms with van der Waals surface area (Å²) in [5, 5.41) is 0.843. The molecule has 0 N–H and O–H groups in total. The van der Waals surface area contributed by atoms with Crippen LogP contribution in [0, 0.1) is 0 Å². The zero-order chi connectivity index (χ0) is 11.7. The van der Waals surface area contributed by atoms with Crippen LogP contribution >= 0.6 is 0 Å². The maximum atomic E-state index is 11.8. The zero-order valence-corrected chi connectivity index (χ0v) is 8.95. The van der Waals surface area contributed by atoms with Crippen molar-refractivity contribution in [3.8, 4) is 5.69 Å². The van der Waals surface area contributed by atoms with Gasteiger partial charge in [0.05, 0.1) is 5.69 Å². The minimum Gasteiger partial charge on any atom is -0.245 e. The summed E-state index contributed by atoms with van der Waals surface area (Å²) in [6.07, 6.45) is 3.21. The molecule has 4 nitrogen and oxygen atoms in total. The molecule has 0 spiro atoms. The van der Waals surface area contributed by atoms with E-state index >= 15 is 0 Å². The molecule has 2 heterocycles. The van der Waals surface area contributed by atoms with E-state index < -0.39 is 0 Å². The standard InChI is InChI=1S/C13H9N3O/c17-13-15-9-10-5-4-8-14-12(10)16(13)11-6-2-1-3-7-11/h1-9H. The van der Waals surface area contributed by atoms with Crippen molar-refractivity contribution in [1.29, 1.82) is 0 Å². The third-order valence-electron chi connectivity index (χ3n) is 2.55. The first kappa shape index (κ1) is 9.72. The Morgan fingerprint density at radius 3 is 2.59 bits per heavy atom. The number of para-hydroxylation sites is 1. The summed E-state index contributed by atoms with van der Waals surface area (Å²) in [5.41, 5.74) is 1.08. The first-order valence-electron chi connectivity index (χ1n) is 5.24. The zero-order valence-electron chi connectivity index (χ0n) is 8.95. The van der Waals surface area contributed by atoms with Crippen molar-refractivity contribution >= 4 is 11.0 Å². The van der Waals surface area contributed by atoms with Crippen molar-refractivity contribution in [2.75, 3.05) is 0 Å². The Balaban J connectivity index is 2.43. The van der Waals surface area contributed by atoms with Crippen LogP contribution in [0.4, 0.5) is 0 Å². The van der Waals surface area contributed by atoms with Gasteiger partial charge >= 0.3 is 5.69 Å². The lowest BCUT2D eigenvalue weighted by molar-refractivity contribution is 0.941. The number of pyridine rings is 1. The number of hydrogen-bond acceptors (Lipinski definition) is 3. The molecule has 3 rings (SSSR count). The highest BCUT2D eigenvalue weighted by molar-refractivity contribution is 5.75. The van der Waals surface area contributed by atoms with Crippen LogP contribution < -0.4 is 5.69 Å². The summed E-state index contributed by atoms with van der Waals surface area (Å²) < 4.78 is 1.51. The van der Waals surface area contributed by atoms with Gasteiger partial charge in [-0.05, 0) is 24.3 Å². The van der Waals surface area contributed by atoms with Gasteiger partial charge in [-0.3, -0.25) is 0 Å². The number of hydrogen-bond donors (Lipinski definition) is 0. The summed E-state index contributed by atoms with van der Waals surface area (Å²) in [6, 6.07) is 13.1. The molecule has 0 aliphatic carbocycles. The molecule has 82 valence electrons. The van der Waals surface area contributed by atoms with E-state index in [0.717, 1.165) is 11.1 Å². The number of fused-ring (bicyclic) bond motifs is 1. The van der Waals surface area contributed by atoms with E-state index in [1.54, 1.807) is 12.4 Å². The number of benzene rings is 1. The molecular formula is C13H9N3O. The Labute approximate surface area is 97.2 Å². The average Bonchev–Trinajstić information content (AvgIpc) is 2.39. The fourth-order valence-corrected chi connectivity index (χ4v) is 1.78. The Kier molecular flexibility index (Phi) is 2.19. The maximum Gasteiger partial charge on any atom is 0.353 e. The smallest absolute Gasteiger partial charge is 0.245 e. The number of rotatable bonds is 1. The van der Waals surface area contributed by atoms with E-state index in [4.69, 9.17) is 0 Å². The lowest BCUT2D eigenvalue weighted by Crippen LogP contribution is -2.21. The van der Waals surface area contributed by atoms with E-state index in [-0.39, 0.29) is 5.69 Å². The molecule has 0 amide bonds. The van der Waals surface area contributed by atoms with Crippen LogP contribution in [0.5, 0.6) is 0 Å². The molecule has 3 aromatic rings. The lowest BCUT2D eigenvalue weighted by atomic mass is 10.3. The molecule has 0 fully saturated rings. The van der Waals surface area contributed by atoms with Crippen LogP contribution in [0.15, 0.2) is 59.7 Å². The second kappa shape index (κ2) is 3.83. The van der Waals surface area contributed by atoms with Crippen molar-refractivity contribution in [2.24, 2.45) is 0 Å². The minimum absolute atomic E-state index is 0.317. The Bertz CT molecular complexity index is 719. The van der Waals surface area contributed by atoms with Crippen molar-refractivity contribution in [3.05, 3.63) is 65.3 Å². The minimum atomic E-state index is -0.317. The normalized spacial score (nSPS) is 10.6. The largest absolute Gasteiger partial charge is 0.353 e. The van der Waals surface area contributed by atoms with Gasteiger partial charge in [0.1, 0.15) is 5.65 Å². The van der Waals surface area contributed by atoms with Gasteiger partial charge in [0, 0.05) is 17.8 Å². The highest BCUT2D eigenvalue weighted by Crippen LogP contribution is 2.12. The monoisotopic (exact) mass is 223 g/mol. The number of nitrogens with zero attached hydrogens (tertiary/aromatic N) is 3. The summed E-state index contributed by atoms with van der Waals surface area (Å²) >= 11 is 0. The molecule has 1 aromatic carbocycles. The fourth-order valence-electron chi connectivity index (χ4n) is 1.78. The quantitative estimate of drug-likeness (QED) is 0.631. The fraction of sp³-hybridized carbons (Fsp3) is 0. The average molecular weight is 223 g/mol. The van der Waals surface area contributed by atoms with Gasteiger partial charge in [0.2, 0.25) is 0 Å². The third-order valence-corrected chi connectivity index (χ3v) is 2.55. The summed E-state index contributed by atoms with van der Waals surface area (Å²) in [4.78, 5) is 19.9. The highest BCUT2D eigenvalue weighted by atomic mass is 16.1. The third kappa shape index (κ3) is 1.59. The van der Waals surface area contributed by atoms with Gasteiger partial charge in [0.15, 0.2) is 0 Å². The molecule has 2 aromatic heterocycles. The van der Waals surface area contributed by atoms with Crippen molar-refractivity contribution in [2.45, 2.75) is 0 Å². The van der Waals surface area contributed by atoms with E-state index in [1.807, 2.05) is 42.5 Å². The summed E-state index contributed by atoms with van der Waals surface area (Å²) in [6.45, 7) is 0. The Morgan fingerprint density at radius 2 is 1.76 bits per heavy atom. The molecule has 17 heavy (non-hydrogen) atoms. The molecule has 0 unspecified atom stereocenters. The molecule has 0 saturated heterocycles.